The maximum atomic E-state index is 5.45. The Labute approximate surface area is 87.1 Å². The molecule has 0 saturated heterocycles. The summed E-state index contributed by atoms with van der Waals surface area (Å²) in [7, 11) is 0. The lowest BCUT2D eigenvalue weighted by atomic mass is 10.3. The first kappa shape index (κ1) is 9.45. The number of hydrogen-bond donors (Lipinski definition) is 3. The minimum absolute atomic E-state index is 0.116. The molecule has 0 spiro atoms. The Morgan fingerprint density at radius 1 is 1.13 bits per heavy atom. The van der Waals surface area contributed by atoms with Gasteiger partial charge in [0.05, 0.1) is 0 Å². The average molecular weight is 204 g/mol. The summed E-state index contributed by atoms with van der Waals surface area (Å²) < 4.78 is 0. The molecule has 78 valence electrons. The van der Waals surface area contributed by atoms with Crippen molar-refractivity contribution in [2.24, 2.45) is 0 Å². The van der Waals surface area contributed by atoms with Crippen molar-refractivity contribution in [2.75, 3.05) is 16.8 Å². The van der Waals surface area contributed by atoms with Crippen LogP contribution in [0.25, 0.3) is 0 Å². The van der Waals surface area contributed by atoms with Gasteiger partial charge >= 0.3 is 0 Å². The van der Waals surface area contributed by atoms with Crippen molar-refractivity contribution in [3.63, 3.8) is 0 Å². The first-order valence-electron chi connectivity index (χ1n) is 4.56. The van der Waals surface area contributed by atoms with Crippen LogP contribution in [0.3, 0.4) is 0 Å². The Morgan fingerprint density at radius 3 is 2.33 bits per heavy atom. The van der Waals surface area contributed by atoms with E-state index in [0.29, 0.717) is 5.95 Å². The van der Waals surface area contributed by atoms with E-state index in [1.54, 1.807) is 0 Å². The minimum atomic E-state index is 0.116. The normalized spacial score (nSPS) is 14.7. The van der Waals surface area contributed by atoms with Crippen LogP contribution in [-0.4, -0.2) is 15.0 Å². The molecular formula is C9H12N6. The van der Waals surface area contributed by atoms with Crippen molar-refractivity contribution < 1.29 is 0 Å². The Hall–Kier alpha value is -2.11. The summed E-state index contributed by atoms with van der Waals surface area (Å²) in [6.07, 6.45) is 5.08. The van der Waals surface area contributed by atoms with Crippen molar-refractivity contribution in [1.29, 1.82) is 0 Å². The quantitative estimate of drug-likeness (QED) is 0.654. The smallest absolute Gasteiger partial charge is 0.233 e. The van der Waals surface area contributed by atoms with Crippen molar-refractivity contribution in [3.05, 3.63) is 23.4 Å². The first-order valence-corrected chi connectivity index (χ1v) is 4.56. The largest absolute Gasteiger partial charge is 0.368 e. The van der Waals surface area contributed by atoms with Gasteiger partial charge in [0.1, 0.15) is 0 Å². The summed E-state index contributed by atoms with van der Waals surface area (Å²) in [6.45, 7) is 2.01. The standard InChI is InChI=1S/C9H12N6/c1-5-3-2-4-6(5)12-9-14-7(10)13-8(11)15-9/h3-4H,2H2,1H3,(H5,10,11,12,13,14,15). The number of aromatic nitrogens is 3. The number of allylic oxidation sites excluding steroid dienone is 3. The molecule has 0 aromatic carbocycles. The molecule has 1 aliphatic rings. The highest BCUT2D eigenvalue weighted by atomic mass is 15.2. The SMILES string of the molecule is CC1=CCC=C1Nc1nc(N)nc(N)n1. The fourth-order valence-electron chi connectivity index (χ4n) is 1.36. The van der Waals surface area contributed by atoms with E-state index < -0.39 is 0 Å². The second-order valence-electron chi connectivity index (χ2n) is 3.24. The zero-order valence-electron chi connectivity index (χ0n) is 8.36. The van der Waals surface area contributed by atoms with Crippen LogP contribution >= 0.6 is 0 Å². The molecule has 5 N–H and O–H groups in total. The Bertz CT molecular complexity index is 428. The number of nitrogens with two attached hydrogens (primary N) is 2. The zero-order chi connectivity index (χ0) is 10.8. The number of hydrogen-bond acceptors (Lipinski definition) is 6. The lowest BCUT2D eigenvalue weighted by Gasteiger charge is -2.07. The van der Waals surface area contributed by atoms with E-state index in [4.69, 9.17) is 11.5 Å². The Morgan fingerprint density at radius 2 is 1.80 bits per heavy atom. The van der Waals surface area contributed by atoms with Crippen LogP contribution in [0.1, 0.15) is 13.3 Å². The van der Waals surface area contributed by atoms with Gasteiger partial charge in [-0.05, 0) is 18.9 Å². The molecule has 1 aromatic rings. The Kier molecular flexibility index (Phi) is 2.24. The van der Waals surface area contributed by atoms with Gasteiger partial charge in [-0.15, -0.1) is 0 Å². The monoisotopic (exact) mass is 204 g/mol. The molecule has 0 radical (unpaired) electrons. The fourth-order valence-corrected chi connectivity index (χ4v) is 1.36. The predicted molar refractivity (Wildman–Crippen MR) is 58.7 cm³/mol. The second-order valence-corrected chi connectivity index (χ2v) is 3.24. The highest BCUT2D eigenvalue weighted by Crippen LogP contribution is 2.19. The zero-order valence-corrected chi connectivity index (χ0v) is 8.36. The van der Waals surface area contributed by atoms with Gasteiger partial charge in [-0.2, -0.15) is 15.0 Å². The summed E-state index contributed by atoms with van der Waals surface area (Å²) in [5.74, 6) is 0.608. The third kappa shape index (κ3) is 2.04. The number of nitrogens with one attached hydrogen (secondary N) is 1. The van der Waals surface area contributed by atoms with E-state index in [2.05, 4.69) is 26.3 Å². The fraction of sp³-hybridized carbons (Fsp3) is 0.222. The van der Waals surface area contributed by atoms with Crippen molar-refractivity contribution in [1.82, 2.24) is 15.0 Å². The van der Waals surface area contributed by atoms with Gasteiger partial charge in [-0.1, -0.05) is 12.2 Å². The molecule has 0 fully saturated rings. The molecule has 1 aromatic heterocycles. The molecular weight excluding hydrogens is 192 g/mol. The molecule has 0 aliphatic heterocycles. The van der Waals surface area contributed by atoms with Gasteiger partial charge in [-0.25, -0.2) is 0 Å². The third-order valence-electron chi connectivity index (χ3n) is 2.09. The summed E-state index contributed by atoms with van der Waals surface area (Å²) in [6, 6.07) is 0. The summed E-state index contributed by atoms with van der Waals surface area (Å²) in [4.78, 5) is 11.5. The number of nitrogen functional groups attached to an aromatic ring is 2. The van der Waals surface area contributed by atoms with Gasteiger partial charge in [-0.3, -0.25) is 0 Å². The Balaban J connectivity index is 2.21. The molecule has 0 atom stereocenters. The van der Waals surface area contributed by atoms with Gasteiger partial charge in [0, 0.05) is 5.70 Å². The third-order valence-corrected chi connectivity index (χ3v) is 2.09. The second kappa shape index (κ2) is 3.56. The van der Waals surface area contributed by atoms with Gasteiger partial charge in [0.15, 0.2) is 0 Å². The van der Waals surface area contributed by atoms with Crippen LogP contribution in [0.5, 0.6) is 0 Å². The van der Waals surface area contributed by atoms with E-state index in [9.17, 15) is 0 Å². The molecule has 0 saturated carbocycles. The molecule has 0 amide bonds. The lowest BCUT2D eigenvalue weighted by Crippen LogP contribution is -2.09. The number of nitrogens with zero attached hydrogens (tertiary/aromatic N) is 3. The van der Waals surface area contributed by atoms with Crippen LogP contribution in [0.15, 0.2) is 23.4 Å². The molecule has 1 aliphatic carbocycles. The van der Waals surface area contributed by atoms with Gasteiger partial charge < -0.3 is 16.8 Å². The first-order chi connectivity index (χ1) is 7.15. The van der Waals surface area contributed by atoms with Crippen molar-refractivity contribution in [3.8, 4) is 0 Å². The molecule has 6 heteroatoms. The van der Waals surface area contributed by atoms with E-state index in [0.717, 1.165) is 17.7 Å². The molecule has 1 heterocycles. The summed E-state index contributed by atoms with van der Waals surface area (Å²) in [5.41, 5.74) is 13.0. The molecule has 0 bridgehead atoms. The number of rotatable bonds is 2. The van der Waals surface area contributed by atoms with Gasteiger partial charge in [0.2, 0.25) is 17.8 Å². The van der Waals surface area contributed by atoms with Crippen molar-refractivity contribution >= 4 is 17.8 Å². The van der Waals surface area contributed by atoms with Crippen LogP contribution in [0, 0.1) is 0 Å². The van der Waals surface area contributed by atoms with E-state index in [-0.39, 0.29) is 11.9 Å². The van der Waals surface area contributed by atoms with Gasteiger partial charge in [0.25, 0.3) is 0 Å². The van der Waals surface area contributed by atoms with Crippen molar-refractivity contribution in [2.45, 2.75) is 13.3 Å². The lowest BCUT2D eigenvalue weighted by molar-refractivity contribution is 1.07. The topological polar surface area (TPSA) is 103 Å². The maximum absolute atomic E-state index is 5.45. The average Bonchev–Trinajstić information content (AvgIpc) is 2.50. The highest BCUT2D eigenvalue weighted by molar-refractivity contribution is 5.49. The number of anilines is 3. The highest BCUT2D eigenvalue weighted by Gasteiger charge is 2.08. The van der Waals surface area contributed by atoms with E-state index in [1.807, 2.05) is 13.0 Å². The minimum Gasteiger partial charge on any atom is -0.368 e. The van der Waals surface area contributed by atoms with Crippen LogP contribution in [0.4, 0.5) is 17.8 Å². The van der Waals surface area contributed by atoms with E-state index in [1.165, 1.54) is 0 Å². The molecule has 6 nitrogen and oxygen atoms in total. The van der Waals surface area contributed by atoms with Crippen LogP contribution in [-0.2, 0) is 0 Å². The summed E-state index contributed by atoms with van der Waals surface area (Å²) >= 11 is 0. The maximum Gasteiger partial charge on any atom is 0.233 e. The van der Waals surface area contributed by atoms with Crippen LogP contribution < -0.4 is 16.8 Å². The molecule has 15 heavy (non-hydrogen) atoms. The van der Waals surface area contributed by atoms with E-state index >= 15 is 0 Å². The molecule has 0 unspecified atom stereocenters. The predicted octanol–water partition coefficient (Wildman–Crippen LogP) is 0.682. The summed E-state index contributed by atoms with van der Waals surface area (Å²) in [5, 5.41) is 3.04. The molecule has 2 rings (SSSR count). The van der Waals surface area contributed by atoms with Crippen LogP contribution in [0.2, 0.25) is 0 Å².